The van der Waals surface area contributed by atoms with E-state index in [1.807, 2.05) is 13.0 Å². The average Bonchev–Trinajstić information content (AvgIpc) is 2.14. The van der Waals surface area contributed by atoms with Crippen molar-refractivity contribution in [3.8, 4) is 0 Å². The number of hydrogen-bond donors (Lipinski definition) is 2. The normalized spacial score (nSPS) is 13.0. The van der Waals surface area contributed by atoms with Gasteiger partial charge >= 0.3 is 6.09 Å². The maximum atomic E-state index is 11.6. The maximum absolute atomic E-state index is 11.6. The number of aromatic nitrogens is 1. The number of hydrogen-bond acceptors (Lipinski definition) is 4. The van der Waals surface area contributed by atoms with Gasteiger partial charge in [-0.2, -0.15) is 0 Å². The van der Waals surface area contributed by atoms with Gasteiger partial charge in [-0.25, -0.2) is 9.78 Å². The van der Waals surface area contributed by atoms with Gasteiger partial charge in [0.15, 0.2) is 0 Å². The summed E-state index contributed by atoms with van der Waals surface area (Å²) in [6, 6.07) is 3.40. The van der Waals surface area contributed by atoms with Crippen LogP contribution in [0.4, 0.5) is 10.6 Å². The van der Waals surface area contributed by atoms with Crippen LogP contribution in [0.5, 0.6) is 0 Å². The van der Waals surface area contributed by atoms with Crippen molar-refractivity contribution in [2.24, 2.45) is 5.73 Å². The number of nitrogens with zero attached hydrogens (tertiary/aromatic N) is 1. The summed E-state index contributed by atoms with van der Waals surface area (Å²) in [7, 11) is 0. The number of amides is 1. The molecule has 0 saturated carbocycles. The third-order valence-corrected chi connectivity index (χ3v) is 1.95. The lowest BCUT2D eigenvalue weighted by Crippen LogP contribution is -2.28. The molecule has 1 aromatic heterocycles. The number of nitrogens with one attached hydrogen (secondary N) is 1. The molecule has 1 rings (SSSR count). The van der Waals surface area contributed by atoms with Gasteiger partial charge in [0.1, 0.15) is 11.4 Å². The molecule has 0 aliphatic carbocycles. The fourth-order valence-electron chi connectivity index (χ4n) is 1.29. The number of pyridine rings is 1. The summed E-state index contributed by atoms with van der Waals surface area (Å²) in [6.45, 7) is 7.24. The third-order valence-electron chi connectivity index (χ3n) is 1.95. The second-order valence-corrected chi connectivity index (χ2v) is 4.86. The molecule has 1 unspecified atom stereocenters. The molecule has 1 aromatic rings. The van der Waals surface area contributed by atoms with E-state index in [0.29, 0.717) is 5.82 Å². The van der Waals surface area contributed by atoms with E-state index >= 15 is 0 Å². The highest BCUT2D eigenvalue weighted by atomic mass is 16.6. The molecule has 0 saturated heterocycles. The molecule has 17 heavy (non-hydrogen) atoms. The van der Waals surface area contributed by atoms with Crippen LogP contribution in [0.25, 0.3) is 0 Å². The highest BCUT2D eigenvalue weighted by Gasteiger charge is 2.18. The van der Waals surface area contributed by atoms with Gasteiger partial charge in [-0.1, -0.05) is 6.07 Å². The van der Waals surface area contributed by atoms with Crippen LogP contribution < -0.4 is 11.1 Å². The Labute approximate surface area is 101 Å². The Hall–Kier alpha value is -1.62. The Balaban J connectivity index is 2.78. The molecule has 0 fully saturated rings. The van der Waals surface area contributed by atoms with Crippen LogP contribution in [-0.2, 0) is 4.74 Å². The first kappa shape index (κ1) is 13.4. The first-order valence-corrected chi connectivity index (χ1v) is 5.50. The van der Waals surface area contributed by atoms with Crippen LogP contribution in [0.2, 0.25) is 0 Å². The number of nitrogens with two attached hydrogens (primary N) is 1. The molecule has 3 N–H and O–H groups in total. The zero-order valence-corrected chi connectivity index (χ0v) is 10.7. The van der Waals surface area contributed by atoms with Gasteiger partial charge < -0.3 is 10.5 Å². The molecule has 5 heteroatoms. The van der Waals surface area contributed by atoms with E-state index in [9.17, 15) is 4.79 Å². The largest absolute Gasteiger partial charge is 0.444 e. The zero-order valence-electron chi connectivity index (χ0n) is 10.7. The van der Waals surface area contributed by atoms with Crippen molar-refractivity contribution < 1.29 is 9.53 Å². The summed E-state index contributed by atoms with van der Waals surface area (Å²) in [6.07, 6.45) is 1.07. The van der Waals surface area contributed by atoms with Crippen LogP contribution in [0, 0.1) is 0 Å². The minimum absolute atomic E-state index is 0.200. The lowest BCUT2D eigenvalue weighted by molar-refractivity contribution is 0.0635. The summed E-state index contributed by atoms with van der Waals surface area (Å²) in [5.74, 6) is 0.441. The standard InChI is InChI=1S/C12H19N3O2/c1-8(13)9-6-5-7-14-10(9)15-11(16)17-12(2,3)4/h5-8H,13H2,1-4H3,(H,14,15,16). The highest BCUT2D eigenvalue weighted by molar-refractivity contribution is 5.84. The summed E-state index contributed by atoms with van der Waals surface area (Å²) in [5.41, 5.74) is 6.03. The van der Waals surface area contributed by atoms with E-state index in [1.165, 1.54) is 0 Å². The van der Waals surface area contributed by atoms with Crippen LogP contribution in [0.15, 0.2) is 18.3 Å². The van der Waals surface area contributed by atoms with Crippen LogP contribution in [0.1, 0.15) is 39.3 Å². The molecule has 0 bridgehead atoms. The van der Waals surface area contributed by atoms with Crippen LogP contribution in [0.3, 0.4) is 0 Å². The van der Waals surface area contributed by atoms with Gasteiger partial charge in [0.05, 0.1) is 0 Å². The van der Waals surface area contributed by atoms with Crippen LogP contribution >= 0.6 is 0 Å². The van der Waals surface area contributed by atoms with Gasteiger partial charge in [0, 0.05) is 17.8 Å². The fourth-order valence-corrected chi connectivity index (χ4v) is 1.29. The molecular formula is C12H19N3O2. The molecule has 0 radical (unpaired) electrons. The lowest BCUT2D eigenvalue weighted by Gasteiger charge is -2.20. The maximum Gasteiger partial charge on any atom is 0.413 e. The molecule has 94 valence electrons. The molecular weight excluding hydrogens is 218 g/mol. The van der Waals surface area contributed by atoms with E-state index in [2.05, 4.69) is 10.3 Å². The van der Waals surface area contributed by atoms with E-state index in [1.54, 1.807) is 33.0 Å². The number of carbonyl (C=O) groups is 1. The summed E-state index contributed by atoms with van der Waals surface area (Å²) < 4.78 is 5.15. The zero-order chi connectivity index (χ0) is 13.1. The average molecular weight is 237 g/mol. The Morgan fingerprint density at radius 1 is 1.53 bits per heavy atom. The molecule has 0 spiro atoms. The first-order valence-electron chi connectivity index (χ1n) is 5.50. The Morgan fingerprint density at radius 3 is 2.71 bits per heavy atom. The Bertz CT molecular complexity index is 397. The molecule has 1 atom stereocenters. The minimum atomic E-state index is -0.534. The second-order valence-electron chi connectivity index (χ2n) is 4.86. The van der Waals surface area contributed by atoms with Gasteiger partial charge in [-0.3, -0.25) is 5.32 Å². The van der Waals surface area contributed by atoms with E-state index in [0.717, 1.165) is 5.56 Å². The first-order chi connectivity index (χ1) is 7.79. The molecule has 0 aromatic carbocycles. The van der Waals surface area contributed by atoms with Crippen molar-refractivity contribution in [3.05, 3.63) is 23.9 Å². The van der Waals surface area contributed by atoms with Crippen LogP contribution in [-0.4, -0.2) is 16.7 Å². The molecule has 0 aliphatic rings. The van der Waals surface area contributed by atoms with Gasteiger partial charge in [0.25, 0.3) is 0 Å². The molecule has 1 heterocycles. The van der Waals surface area contributed by atoms with E-state index in [4.69, 9.17) is 10.5 Å². The molecule has 1 amide bonds. The van der Waals surface area contributed by atoms with Crippen molar-refractivity contribution in [3.63, 3.8) is 0 Å². The van der Waals surface area contributed by atoms with Crippen molar-refractivity contribution >= 4 is 11.9 Å². The predicted octanol–water partition coefficient (Wildman–Crippen LogP) is 2.45. The number of anilines is 1. The lowest BCUT2D eigenvalue weighted by atomic mass is 10.1. The number of ether oxygens (including phenoxy) is 1. The summed E-state index contributed by atoms with van der Waals surface area (Å²) in [5, 5.41) is 2.60. The topological polar surface area (TPSA) is 77.2 Å². The van der Waals surface area contributed by atoms with Crippen molar-refractivity contribution in [2.75, 3.05) is 5.32 Å². The smallest absolute Gasteiger partial charge is 0.413 e. The van der Waals surface area contributed by atoms with E-state index < -0.39 is 11.7 Å². The minimum Gasteiger partial charge on any atom is -0.444 e. The van der Waals surface area contributed by atoms with Gasteiger partial charge in [-0.05, 0) is 33.8 Å². The van der Waals surface area contributed by atoms with Crippen molar-refractivity contribution in [1.29, 1.82) is 0 Å². The quantitative estimate of drug-likeness (QED) is 0.828. The summed E-state index contributed by atoms with van der Waals surface area (Å²) in [4.78, 5) is 15.7. The number of carbonyl (C=O) groups excluding carboxylic acids is 1. The molecule has 5 nitrogen and oxygen atoms in total. The Morgan fingerprint density at radius 2 is 2.18 bits per heavy atom. The van der Waals surface area contributed by atoms with E-state index in [-0.39, 0.29) is 6.04 Å². The SMILES string of the molecule is CC(N)c1cccnc1NC(=O)OC(C)(C)C. The number of rotatable bonds is 2. The highest BCUT2D eigenvalue weighted by Crippen LogP contribution is 2.18. The van der Waals surface area contributed by atoms with Gasteiger partial charge in [-0.15, -0.1) is 0 Å². The molecule has 0 aliphatic heterocycles. The predicted molar refractivity (Wildman–Crippen MR) is 66.7 cm³/mol. The van der Waals surface area contributed by atoms with Gasteiger partial charge in [0.2, 0.25) is 0 Å². The van der Waals surface area contributed by atoms with Crippen molar-refractivity contribution in [1.82, 2.24) is 4.98 Å². The Kier molecular flexibility index (Phi) is 4.07. The monoisotopic (exact) mass is 237 g/mol. The van der Waals surface area contributed by atoms with Crippen molar-refractivity contribution in [2.45, 2.75) is 39.3 Å². The summed E-state index contributed by atoms with van der Waals surface area (Å²) >= 11 is 0. The fraction of sp³-hybridized carbons (Fsp3) is 0.500. The second kappa shape index (κ2) is 5.14. The third kappa shape index (κ3) is 4.40.